The summed E-state index contributed by atoms with van der Waals surface area (Å²) in [5.74, 6) is 0.758. The van der Waals surface area contributed by atoms with Crippen LogP contribution in [0.2, 0.25) is 0 Å². The minimum absolute atomic E-state index is 0.00432. The lowest BCUT2D eigenvalue weighted by atomic mass is 9.98. The van der Waals surface area contributed by atoms with Gasteiger partial charge in [0.05, 0.1) is 31.0 Å². The van der Waals surface area contributed by atoms with Gasteiger partial charge < -0.3 is 29.3 Å². The Morgan fingerprint density at radius 1 is 1.09 bits per heavy atom. The first-order valence-electron chi connectivity index (χ1n) is 11.7. The van der Waals surface area contributed by atoms with E-state index in [2.05, 4.69) is 15.2 Å². The topological polar surface area (TPSA) is 93.2 Å². The molecule has 34 heavy (non-hydrogen) atoms. The fourth-order valence-corrected chi connectivity index (χ4v) is 4.07. The summed E-state index contributed by atoms with van der Waals surface area (Å²) in [6.07, 6.45) is 5.17. The van der Waals surface area contributed by atoms with Gasteiger partial charge in [-0.25, -0.2) is 0 Å². The highest BCUT2D eigenvalue weighted by Gasteiger charge is 2.33. The molecule has 1 aromatic heterocycles. The maximum absolute atomic E-state index is 12.5. The van der Waals surface area contributed by atoms with Crippen LogP contribution >= 0.6 is 0 Å². The summed E-state index contributed by atoms with van der Waals surface area (Å²) >= 11 is 0. The Bertz CT molecular complexity index is 926. The summed E-state index contributed by atoms with van der Waals surface area (Å²) in [5.41, 5.74) is 1.80. The van der Waals surface area contributed by atoms with E-state index >= 15 is 0 Å². The first-order valence-corrected chi connectivity index (χ1v) is 11.7. The number of amides is 2. The van der Waals surface area contributed by atoms with Gasteiger partial charge in [0.15, 0.2) is 0 Å². The largest absolute Gasteiger partial charge is 0.490 e. The van der Waals surface area contributed by atoms with Crippen LogP contribution < -0.4 is 15.0 Å². The highest BCUT2D eigenvalue weighted by molar-refractivity contribution is 5.94. The second kappa shape index (κ2) is 11.8. The van der Waals surface area contributed by atoms with Gasteiger partial charge in [0.2, 0.25) is 11.8 Å². The van der Waals surface area contributed by atoms with Crippen molar-refractivity contribution >= 4 is 23.2 Å². The molecule has 0 saturated carbocycles. The highest BCUT2D eigenvalue weighted by atomic mass is 16.5. The summed E-state index contributed by atoms with van der Waals surface area (Å²) < 4.78 is 16.3. The quantitative estimate of drug-likeness (QED) is 0.534. The zero-order valence-electron chi connectivity index (χ0n) is 19.5. The van der Waals surface area contributed by atoms with Crippen molar-refractivity contribution in [2.45, 2.75) is 18.9 Å². The zero-order valence-corrected chi connectivity index (χ0v) is 19.5. The van der Waals surface area contributed by atoms with Crippen LogP contribution in [0.25, 0.3) is 0 Å². The molecular formula is C25H32N4O5. The number of carbonyl (C=O) groups is 2. The van der Waals surface area contributed by atoms with E-state index in [0.29, 0.717) is 39.4 Å². The van der Waals surface area contributed by atoms with E-state index in [1.54, 1.807) is 13.3 Å². The fourth-order valence-electron chi connectivity index (χ4n) is 4.07. The van der Waals surface area contributed by atoms with Crippen molar-refractivity contribution in [2.24, 2.45) is 5.92 Å². The predicted molar refractivity (Wildman–Crippen MR) is 128 cm³/mol. The molecule has 0 aliphatic carbocycles. The molecule has 2 aliphatic heterocycles. The van der Waals surface area contributed by atoms with Crippen molar-refractivity contribution in [3.8, 4) is 5.75 Å². The lowest BCUT2D eigenvalue weighted by molar-refractivity contribution is -0.138. The van der Waals surface area contributed by atoms with Crippen LogP contribution in [0.1, 0.15) is 12.8 Å². The van der Waals surface area contributed by atoms with Crippen LogP contribution in [0.5, 0.6) is 5.75 Å². The molecule has 2 aromatic rings. The van der Waals surface area contributed by atoms with Crippen molar-refractivity contribution in [1.29, 1.82) is 0 Å². The Morgan fingerprint density at radius 2 is 1.85 bits per heavy atom. The number of piperidine rings is 1. The summed E-state index contributed by atoms with van der Waals surface area (Å²) in [4.78, 5) is 32.8. The van der Waals surface area contributed by atoms with E-state index in [1.807, 2.05) is 47.5 Å². The summed E-state index contributed by atoms with van der Waals surface area (Å²) in [6, 6.07) is 11.4. The molecule has 3 heterocycles. The molecule has 2 amide bonds. The number of hydrogen-bond acceptors (Lipinski definition) is 7. The fraction of sp³-hybridized carbons (Fsp3) is 0.480. The smallest absolute Gasteiger partial charge is 0.248 e. The van der Waals surface area contributed by atoms with Gasteiger partial charge in [0.1, 0.15) is 18.5 Å². The van der Waals surface area contributed by atoms with Crippen LogP contribution in [-0.4, -0.2) is 80.9 Å². The maximum Gasteiger partial charge on any atom is 0.248 e. The lowest BCUT2D eigenvalue weighted by Crippen LogP contribution is -2.52. The minimum Gasteiger partial charge on any atom is -0.490 e. The number of ether oxygens (including phenoxy) is 3. The Morgan fingerprint density at radius 3 is 2.53 bits per heavy atom. The number of hydrogen-bond donors (Lipinski definition) is 1. The summed E-state index contributed by atoms with van der Waals surface area (Å²) in [6.45, 7) is 3.69. The number of likely N-dealkylation sites (tertiary alicyclic amines) is 1. The second-order valence-corrected chi connectivity index (χ2v) is 8.57. The molecular weight excluding hydrogens is 436 g/mol. The number of rotatable bonds is 10. The third kappa shape index (κ3) is 6.45. The van der Waals surface area contributed by atoms with E-state index in [0.717, 1.165) is 30.0 Å². The van der Waals surface area contributed by atoms with Crippen molar-refractivity contribution in [2.75, 3.05) is 63.3 Å². The summed E-state index contributed by atoms with van der Waals surface area (Å²) in [7, 11) is 1.60. The SMILES string of the molecule is COCCOCC(=O)N1CCC(Oc2ccc(NC(=O)C3CN(c4cccnc4)C3)cc2)CC1. The van der Waals surface area contributed by atoms with Crippen molar-refractivity contribution in [3.63, 3.8) is 0 Å². The number of carbonyl (C=O) groups excluding carboxylic acids is 2. The molecule has 0 unspecified atom stereocenters. The Labute approximate surface area is 200 Å². The monoisotopic (exact) mass is 468 g/mol. The normalized spacial score (nSPS) is 16.7. The number of nitrogens with zero attached hydrogens (tertiary/aromatic N) is 3. The van der Waals surface area contributed by atoms with E-state index in [9.17, 15) is 9.59 Å². The van der Waals surface area contributed by atoms with Crippen molar-refractivity contribution < 1.29 is 23.8 Å². The molecule has 1 aromatic carbocycles. The first kappa shape index (κ1) is 24.0. The van der Waals surface area contributed by atoms with Crippen LogP contribution in [-0.2, 0) is 19.1 Å². The third-order valence-electron chi connectivity index (χ3n) is 6.14. The van der Waals surface area contributed by atoms with Crippen LogP contribution in [0.4, 0.5) is 11.4 Å². The number of nitrogens with one attached hydrogen (secondary N) is 1. The van der Waals surface area contributed by atoms with Crippen LogP contribution in [0.3, 0.4) is 0 Å². The lowest BCUT2D eigenvalue weighted by Gasteiger charge is -2.39. The molecule has 0 atom stereocenters. The third-order valence-corrected chi connectivity index (χ3v) is 6.14. The van der Waals surface area contributed by atoms with E-state index in [-0.39, 0.29) is 30.4 Å². The van der Waals surface area contributed by atoms with Crippen LogP contribution in [0.15, 0.2) is 48.8 Å². The predicted octanol–water partition coefficient (Wildman–Crippen LogP) is 2.19. The van der Waals surface area contributed by atoms with E-state index in [1.165, 1.54) is 0 Å². The van der Waals surface area contributed by atoms with Gasteiger partial charge in [0, 0.05) is 58.0 Å². The molecule has 0 bridgehead atoms. The Balaban J connectivity index is 1.15. The standard InChI is InChI=1S/C25H32N4O5/c1-32-13-14-33-18-24(30)28-11-8-23(9-12-28)34-22-6-4-20(5-7-22)27-25(31)19-16-29(17-19)21-3-2-10-26-15-21/h2-7,10,15,19,23H,8-9,11-14,16-18H2,1H3,(H,27,31). The molecule has 9 nitrogen and oxygen atoms in total. The molecule has 1 N–H and O–H groups in total. The molecule has 4 rings (SSSR count). The average molecular weight is 469 g/mol. The van der Waals surface area contributed by atoms with Gasteiger partial charge in [-0.2, -0.15) is 0 Å². The minimum atomic E-state index is -0.0330. The van der Waals surface area contributed by atoms with Gasteiger partial charge in [-0.15, -0.1) is 0 Å². The first-order chi connectivity index (χ1) is 16.6. The van der Waals surface area contributed by atoms with Crippen LogP contribution in [0, 0.1) is 5.92 Å². The number of anilines is 2. The summed E-state index contributed by atoms with van der Waals surface area (Å²) in [5, 5.41) is 2.99. The number of aromatic nitrogens is 1. The molecule has 0 radical (unpaired) electrons. The molecule has 2 fully saturated rings. The molecule has 0 spiro atoms. The number of pyridine rings is 1. The molecule has 2 aliphatic rings. The Kier molecular flexibility index (Phi) is 8.32. The van der Waals surface area contributed by atoms with E-state index < -0.39 is 0 Å². The van der Waals surface area contributed by atoms with Gasteiger partial charge in [-0.3, -0.25) is 14.6 Å². The van der Waals surface area contributed by atoms with Crippen molar-refractivity contribution in [1.82, 2.24) is 9.88 Å². The Hall–Kier alpha value is -3.17. The number of methoxy groups -OCH3 is 1. The maximum atomic E-state index is 12.5. The van der Waals surface area contributed by atoms with Gasteiger partial charge in [-0.1, -0.05) is 0 Å². The second-order valence-electron chi connectivity index (χ2n) is 8.57. The van der Waals surface area contributed by atoms with E-state index in [4.69, 9.17) is 14.2 Å². The molecule has 182 valence electrons. The van der Waals surface area contributed by atoms with Gasteiger partial charge in [-0.05, 0) is 36.4 Å². The number of benzene rings is 1. The average Bonchev–Trinajstić information content (AvgIpc) is 2.83. The molecule has 2 saturated heterocycles. The van der Waals surface area contributed by atoms with Crippen molar-refractivity contribution in [3.05, 3.63) is 48.8 Å². The zero-order chi connectivity index (χ0) is 23.8. The highest BCUT2D eigenvalue weighted by Crippen LogP contribution is 2.26. The molecule has 9 heteroatoms. The van der Waals surface area contributed by atoms with Gasteiger partial charge >= 0.3 is 0 Å². The van der Waals surface area contributed by atoms with Gasteiger partial charge in [0.25, 0.3) is 0 Å².